The minimum absolute atomic E-state index is 0.00458. The van der Waals surface area contributed by atoms with Gasteiger partial charge in [-0.2, -0.15) is 0 Å². The molecule has 1 amide bonds. The molecule has 1 aromatic carbocycles. The molecule has 3 aliphatic carbocycles. The van der Waals surface area contributed by atoms with E-state index in [2.05, 4.69) is 12.2 Å². The first-order valence-corrected chi connectivity index (χ1v) is 11.8. The van der Waals surface area contributed by atoms with Crippen molar-refractivity contribution in [1.29, 1.82) is 0 Å². The van der Waals surface area contributed by atoms with Crippen LogP contribution in [-0.4, -0.2) is 31.4 Å². The molecular formula is C25H33Cl2NO4. The predicted octanol–water partition coefficient (Wildman–Crippen LogP) is 6.05. The quantitative estimate of drug-likeness (QED) is 0.490. The second-order valence-corrected chi connectivity index (χ2v) is 9.37. The van der Waals surface area contributed by atoms with Crippen molar-refractivity contribution >= 4 is 34.9 Å². The predicted molar refractivity (Wildman–Crippen MR) is 129 cm³/mol. The molecule has 176 valence electrons. The molecule has 2 fully saturated rings. The van der Waals surface area contributed by atoms with Crippen molar-refractivity contribution in [2.45, 2.75) is 53.4 Å². The van der Waals surface area contributed by atoms with Crippen LogP contribution in [0.4, 0.5) is 0 Å². The maximum absolute atomic E-state index is 11.6. The molecule has 32 heavy (non-hydrogen) atoms. The average Bonchev–Trinajstić information content (AvgIpc) is 3.57. The molecule has 0 aliphatic heterocycles. The number of hydrogen-bond donors (Lipinski definition) is 1. The van der Waals surface area contributed by atoms with Crippen LogP contribution in [0.25, 0.3) is 0 Å². The van der Waals surface area contributed by atoms with E-state index in [1.54, 1.807) is 24.3 Å². The Labute approximate surface area is 201 Å². The molecule has 0 aromatic heterocycles. The lowest BCUT2D eigenvalue weighted by atomic mass is 10.1. The molecule has 1 aromatic rings. The maximum Gasteiger partial charge on any atom is 0.257 e. The highest BCUT2D eigenvalue weighted by molar-refractivity contribution is 6.30. The number of ketones is 1. The molecule has 1 N–H and O–H groups in total. The highest BCUT2D eigenvalue weighted by Gasteiger charge is 2.79. The van der Waals surface area contributed by atoms with Gasteiger partial charge in [0.25, 0.3) is 5.91 Å². The number of carbonyl (C=O) groups is 2. The monoisotopic (exact) mass is 481 g/mol. The second kappa shape index (κ2) is 11.8. The molecule has 0 heterocycles. The van der Waals surface area contributed by atoms with Crippen molar-refractivity contribution in [3.63, 3.8) is 0 Å². The van der Waals surface area contributed by atoms with Crippen LogP contribution in [0, 0.1) is 10.8 Å². The number of fused-ring (bicyclic) bond motifs is 1. The van der Waals surface area contributed by atoms with Gasteiger partial charge in [0.1, 0.15) is 12.4 Å². The van der Waals surface area contributed by atoms with Gasteiger partial charge in [-0.05, 0) is 73.4 Å². The number of allylic oxidation sites excluding steroid dienone is 4. The van der Waals surface area contributed by atoms with Gasteiger partial charge in [-0.3, -0.25) is 9.59 Å². The second-order valence-electron chi connectivity index (χ2n) is 8.45. The van der Waals surface area contributed by atoms with Crippen LogP contribution in [0.15, 0.2) is 47.2 Å². The van der Waals surface area contributed by atoms with Gasteiger partial charge in [0.05, 0.1) is 5.76 Å². The smallest absolute Gasteiger partial charge is 0.257 e. The largest absolute Gasteiger partial charge is 0.488 e. The fourth-order valence-corrected chi connectivity index (χ4v) is 3.88. The van der Waals surface area contributed by atoms with Crippen LogP contribution >= 0.6 is 23.2 Å². The van der Waals surface area contributed by atoms with Crippen molar-refractivity contribution < 1.29 is 19.1 Å². The number of hydrogen-bond acceptors (Lipinski definition) is 4. The van der Waals surface area contributed by atoms with E-state index < -0.39 is 0 Å². The number of Topliss-reactive ketones (excluding diaryl/α,β-unsaturated/α-hetero) is 1. The van der Waals surface area contributed by atoms with Crippen molar-refractivity contribution in [1.82, 2.24) is 5.32 Å². The van der Waals surface area contributed by atoms with Crippen LogP contribution < -0.4 is 10.1 Å². The Morgan fingerprint density at radius 3 is 2.12 bits per heavy atom. The maximum atomic E-state index is 11.6. The van der Waals surface area contributed by atoms with E-state index in [9.17, 15) is 9.59 Å². The van der Waals surface area contributed by atoms with E-state index in [0.717, 1.165) is 30.2 Å². The zero-order valence-corrected chi connectivity index (χ0v) is 20.8. The summed E-state index contributed by atoms with van der Waals surface area (Å²) in [6.45, 7) is 8.82. The standard InChI is InChI=1S/C14H18ClNO2.C9H9ClO2.C2H6/c1-13-7-14(13,8-13)9-16-12(17)6-18-11-4-2-10(15)3-5-11;1-7(11)6-12-9-4-2-8(10)3-5-9;1-2/h2,4H,3,5-9H2,1H3,(H,16,17);2-5H,6H2,1H3;1-2H3. The third kappa shape index (κ3) is 7.86. The lowest BCUT2D eigenvalue weighted by molar-refractivity contribution is -0.124. The highest BCUT2D eigenvalue weighted by Crippen LogP contribution is 2.85. The number of halogens is 2. The van der Waals surface area contributed by atoms with Gasteiger partial charge in [0.2, 0.25) is 0 Å². The molecule has 3 aliphatic rings. The Bertz CT molecular complexity index is 855. The minimum Gasteiger partial charge on any atom is -0.488 e. The fourth-order valence-electron chi connectivity index (χ4n) is 3.60. The highest BCUT2D eigenvalue weighted by atomic mass is 35.5. The van der Waals surface area contributed by atoms with Crippen molar-refractivity contribution in [2.24, 2.45) is 10.8 Å². The first kappa shape index (κ1) is 26.3. The lowest BCUT2D eigenvalue weighted by Gasteiger charge is -2.13. The van der Waals surface area contributed by atoms with E-state index in [1.807, 2.05) is 26.0 Å². The summed E-state index contributed by atoms with van der Waals surface area (Å²) < 4.78 is 10.6. The molecular weight excluding hydrogens is 449 g/mol. The van der Waals surface area contributed by atoms with E-state index in [1.165, 1.54) is 19.8 Å². The zero-order chi connectivity index (χ0) is 23.8. The molecule has 0 bridgehead atoms. The van der Waals surface area contributed by atoms with Crippen molar-refractivity contribution in [3.8, 4) is 5.75 Å². The van der Waals surface area contributed by atoms with Crippen LogP contribution in [0.3, 0.4) is 0 Å². The van der Waals surface area contributed by atoms with Gasteiger partial charge >= 0.3 is 0 Å². The van der Waals surface area contributed by atoms with Crippen molar-refractivity contribution in [2.75, 3.05) is 19.8 Å². The number of benzene rings is 1. The molecule has 0 atom stereocenters. The molecule has 0 unspecified atom stereocenters. The average molecular weight is 482 g/mol. The number of ether oxygens (including phenoxy) is 2. The van der Waals surface area contributed by atoms with Crippen LogP contribution in [-0.2, 0) is 14.3 Å². The van der Waals surface area contributed by atoms with Gasteiger partial charge in [0, 0.05) is 23.0 Å². The van der Waals surface area contributed by atoms with Gasteiger partial charge in [-0.25, -0.2) is 0 Å². The van der Waals surface area contributed by atoms with E-state index in [4.69, 9.17) is 32.7 Å². The Kier molecular flexibility index (Phi) is 9.65. The Hall–Kier alpha value is -1.98. The number of nitrogens with one attached hydrogen (secondary N) is 1. The summed E-state index contributed by atoms with van der Waals surface area (Å²) in [6, 6.07) is 6.89. The summed E-state index contributed by atoms with van der Waals surface area (Å²) in [7, 11) is 0. The van der Waals surface area contributed by atoms with E-state index >= 15 is 0 Å². The number of amides is 1. The SMILES string of the molecule is CC.CC(=O)COc1ccc(Cl)cc1.CC12CC1(CNC(=O)COC1=CC=C(Cl)CC1)C2. The van der Waals surface area contributed by atoms with Gasteiger partial charge < -0.3 is 14.8 Å². The van der Waals surface area contributed by atoms with Crippen LogP contribution in [0.2, 0.25) is 5.02 Å². The van der Waals surface area contributed by atoms with Crippen molar-refractivity contribution in [3.05, 3.63) is 52.2 Å². The summed E-state index contributed by atoms with van der Waals surface area (Å²) in [6.07, 6.45) is 7.81. The molecule has 0 radical (unpaired) electrons. The topological polar surface area (TPSA) is 64.6 Å². The Morgan fingerprint density at radius 2 is 1.62 bits per heavy atom. The number of carbonyl (C=O) groups excluding carboxylic acids is 2. The van der Waals surface area contributed by atoms with Crippen LogP contribution in [0.1, 0.15) is 53.4 Å². The minimum atomic E-state index is -0.0212. The number of rotatable bonds is 8. The summed E-state index contributed by atoms with van der Waals surface area (Å²) >= 11 is 11.5. The van der Waals surface area contributed by atoms with Crippen LogP contribution in [0.5, 0.6) is 5.75 Å². The molecule has 0 spiro atoms. The van der Waals surface area contributed by atoms with Gasteiger partial charge in [-0.15, -0.1) is 0 Å². The van der Waals surface area contributed by atoms with Gasteiger partial charge in [-0.1, -0.05) is 44.0 Å². The summed E-state index contributed by atoms with van der Waals surface area (Å²) in [5.41, 5.74) is 0.998. The third-order valence-corrected chi connectivity index (χ3v) is 6.38. The normalized spacial score (nSPS) is 24.1. The molecule has 7 heteroatoms. The third-order valence-electron chi connectivity index (χ3n) is 5.82. The molecule has 5 nitrogen and oxygen atoms in total. The zero-order valence-electron chi connectivity index (χ0n) is 19.3. The first-order chi connectivity index (χ1) is 15.2. The summed E-state index contributed by atoms with van der Waals surface area (Å²) in [4.78, 5) is 22.2. The Morgan fingerprint density at radius 1 is 1.00 bits per heavy atom. The van der Waals surface area contributed by atoms with E-state index in [0.29, 0.717) is 21.6 Å². The fraction of sp³-hybridized carbons (Fsp3) is 0.520. The molecule has 0 saturated heterocycles. The summed E-state index contributed by atoms with van der Waals surface area (Å²) in [5, 5.41) is 4.47. The summed E-state index contributed by atoms with van der Waals surface area (Å²) in [5.74, 6) is 1.49. The first-order valence-electron chi connectivity index (χ1n) is 11.0. The molecule has 2 saturated carbocycles. The lowest BCUT2D eigenvalue weighted by Crippen LogP contribution is -2.30. The van der Waals surface area contributed by atoms with E-state index in [-0.39, 0.29) is 24.9 Å². The van der Waals surface area contributed by atoms with Gasteiger partial charge in [0.15, 0.2) is 12.4 Å². The molecule has 4 rings (SSSR count). The Balaban J connectivity index is 0.000000227.